The van der Waals surface area contributed by atoms with Crippen molar-refractivity contribution in [2.45, 2.75) is 6.54 Å². The van der Waals surface area contributed by atoms with Gasteiger partial charge in [-0.15, -0.1) is 0 Å². The van der Waals surface area contributed by atoms with Crippen LogP contribution in [0.25, 0.3) is 11.1 Å². The standard InChI is InChI=1S/C15H14N2O2/c16-8-10-1-3-11(4-2-10)12-5-6-13-14(7-12)19-9-15(18)17-13/h1-7H,8-9,16H2,(H,17,18). The fourth-order valence-electron chi connectivity index (χ4n) is 2.09. The molecule has 0 aromatic heterocycles. The second-order valence-corrected chi connectivity index (χ2v) is 4.45. The number of rotatable bonds is 2. The Morgan fingerprint density at radius 1 is 1.11 bits per heavy atom. The Morgan fingerprint density at radius 3 is 2.58 bits per heavy atom. The molecule has 0 saturated carbocycles. The Balaban J connectivity index is 1.95. The Bertz CT molecular complexity index is 621. The van der Waals surface area contributed by atoms with E-state index in [1.807, 2.05) is 42.5 Å². The van der Waals surface area contributed by atoms with Crippen LogP contribution in [0.5, 0.6) is 5.75 Å². The zero-order valence-corrected chi connectivity index (χ0v) is 10.3. The first-order valence-electron chi connectivity index (χ1n) is 6.12. The largest absolute Gasteiger partial charge is 0.482 e. The maximum atomic E-state index is 11.2. The van der Waals surface area contributed by atoms with E-state index in [0.717, 1.165) is 22.4 Å². The van der Waals surface area contributed by atoms with Crippen molar-refractivity contribution in [3.63, 3.8) is 0 Å². The van der Waals surface area contributed by atoms with Crippen LogP contribution in [-0.4, -0.2) is 12.5 Å². The smallest absolute Gasteiger partial charge is 0.262 e. The molecule has 4 nitrogen and oxygen atoms in total. The third-order valence-corrected chi connectivity index (χ3v) is 3.14. The van der Waals surface area contributed by atoms with Crippen molar-refractivity contribution >= 4 is 11.6 Å². The van der Waals surface area contributed by atoms with Crippen molar-refractivity contribution < 1.29 is 9.53 Å². The van der Waals surface area contributed by atoms with Crippen LogP contribution >= 0.6 is 0 Å². The van der Waals surface area contributed by atoms with Crippen molar-refractivity contribution in [2.75, 3.05) is 11.9 Å². The summed E-state index contributed by atoms with van der Waals surface area (Å²) < 4.78 is 5.41. The van der Waals surface area contributed by atoms with Gasteiger partial charge in [-0.25, -0.2) is 0 Å². The second-order valence-electron chi connectivity index (χ2n) is 4.45. The van der Waals surface area contributed by atoms with Gasteiger partial charge in [0.05, 0.1) is 5.69 Å². The molecule has 3 N–H and O–H groups in total. The van der Waals surface area contributed by atoms with Crippen LogP contribution in [0.15, 0.2) is 42.5 Å². The van der Waals surface area contributed by atoms with Gasteiger partial charge < -0.3 is 15.8 Å². The molecule has 2 aromatic rings. The number of ether oxygens (including phenoxy) is 1. The highest BCUT2D eigenvalue weighted by Crippen LogP contribution is 2.32. The monoisotopic (exact) mass is 254 g/mol. The van der Waals surface area contributed by atoms with Gasteiger partial charge >= 0.3 is 0 Å². The molecule has 2 aromatic carbocycles. The molecule has 1 aliphatic rings. The minimum Gasteiger partial charge on any atom is -0.482 e. The van der Waals surface area contributed by atoms with Crippen molar-refractivity contribution in [1.82, 2.24) is 0 Å². The normalized spacial score (nSPS) is 13.4. The molecule has 4 heteroatoms. The highest BCUT2D eigenvalue weighted by molar-refractivity contribution is 5.95. The molecular weight excluding hydrogens is 240 g/mol. The van der Waals surface area contributed by atoms with Crippen LogP contribution in [0.3, 0.4) is 0 Å². The number of nitrogens with two attached hydrogens (primary N) is 1. The van der Waals surface area contributed by atoms with Crippen molar-refractivity contribution in [2.24, 2.45) is 5.73 Å². The van der Waals surface area contributed by atoms with E-state index in [0.29, 0.717) is 12.3 Å². The summed E-state index contributed by atoms with van der Waals surface area (Å²) in [4.78, 5) is 11.2. The van der Waals surface area contributed by atoms with Gasteiger partial charge in [-0.05, 0) is 28.8 Å². The summed E-state index contributed by atoms with van der Waals surface area (Å²) in [5, 5.41) is 2.78. The van der Waals surface area contributed by atoms with Gasteiger partial charge in [-0.2, -0.15) is 0 Å². The molecule has 3 rings (SSSR count). The first-order valence-corrected chi connectivity index (χ1v) is 6.12. The Kier molecular flexibility index (Phi) is 2.93. The number of amides is 1. The minimum absolute atomic E-state index is 0.0720. The van der Waals surface area contributed by atoms with E-state index < -0.39 is 0 Å². The minimum atomic E-state index is -0.118. The average Bonchev–Trinajstić information content (AvgIpc) is 2.47. The number of nitrogens with one attached hydrogen (secondary N) is 1. The van der Waals surface area contributed by atoms with Gasteiger partial charge in [-0.1, -0.05) is 30.3 Å². The molecule has 0 aliphatic carbocycles. The number of hydrogen-bond donors (Lipinski definition) is 2. The van der Waals surface area contributed by atoms with E-state index in [2.05, 4.69) is 5.32 Å². The van der Waals surface area contributed by atoms with Gasteiger partial charge in [0, 0.05) is 6.54 Å². The van der Waals surface area contributed by atoms with Gasteiger partial charge in [0.25, 0.3) is 5.91 Å². The number of benzene rings is 2. The van der Waals surface area contributed by atoms with Crippen LogP contribution in [0.1, 0.15) is 5.56 Å². The number of carbonyl (C=O) groups excluding carboxylic acids is 1. The molecule has 19 heavy (non-hydrogen) atoms. The molecule has 0 bridgehead atoms. The lowest BCUT2D eigenvalue weighted by atomic mass is 10.0. The van der Waals surface area contributed by atoms with Crippen LogP contribution < -0.4 is 15.8 Å². The molecule has 1 heterocycles. The molecule has 0 fully saturated rings. The summed E-state index contributed by atoms with van der Waals surface area (Å²) >= 11 is 0. The van der Waals surface area contributed by atoms with Crippen LogP contribution in [0.2, 0.25) is 0 Å². The summed E-state index contributed by atoms with van der Waals surface area (Å²) in [5.41, 5.74) is 9.56. The molecule has 1 amide bonds. The zero-order valence-electron chi connectivity index (χ0n) is 10.3. The molecule has 0 atom stereocenters. The Morgan fingerprint density at radius 2 is 1.84 bits per heavy atom. The summed E-state index contributed by atoms with van der Waals surface area (Å²) in [7, 11) is 0. The maximum Gasteiger partial charge on any atom is 0.262 e. The van der Waals surface area contributed by atoms with Gasteiger partial charge in [-0.3, -0.25) is 4.79 Å². The maximum absolute atomic E-state index is 11.2. The predicted molar refractivity (Wildman–Crippen MR) is 73.9 cm³/mol. The third kappa shape index (κ3) is 2.30. The second kappa shape index (κ2) is 4.74. The first kappa shape index (κ1) is 11.7. The van der Waals surface area contributed by atoms with Gasteiger partial charge in [0.1, 0.15) is 5.75 Å². The van der Waals surface area contributed by atoms with E-state index in [-0.39, 0.29) is 12.5 Å². The van der Waals surface area contributed by atoms with Crippen molar-refractivity contribution in [1.29, 1.82) is 0 Å². The molecule has 0 unspecified atom stereocenters. The molecule has 0 radical (unpaired) electrons. The molecule has 0 saturated heterocycles. The van der Waals surface area contributed by atoms with E-state index in [4.69, 9.17) is 10.5 Å². The summed E-state index contributed by atoms with van der Waals surface area (Å²) in [6, 6.07) is 13.8. The topological polar surface area (TPSA) is 64.3 Å². The highest BCUT2D eigenvalue weighted by atomic mass is 16.5. The number of fused-ring (bicyclic) bond motifs is 1. The van der Waals surface area contributed by atoms with Gasteiger partial charge in [0.2, 0.25) is 0 Å². The Labute approximate surface area is 111 Å². The van der Waals surface area contributed by atoms with Crippen molar-refractivity contribution in [3.05, 3.63) is 48.0 Å². The summed E-state index contributed by atoms with van der Waals surface area (Å²) in [5.74, 6) is 0.590. The molecule has 96 valence electrons. The predicted octanol–water partition coefficient (Wildman–Crippen LogP) is 2.14. The number of carbonyl (C=O) groups is 1. The number of hydrogen-bond acceptors (Lipinski definition) is 3. The van der Waals surface area contributed by atoms with Crippen LogP contribution in [0.4, 0.5) is 5.69 Å². The van der Waals surface area contributed by atoms with E-state index >= 15 is 0 Å². The summed E-state index contributed by atoms with van der Waals surface area (Å²) in [6.07, 6.45) is 0. The molecule has 1 aliphatic heterocycles. The van der Waals surface area contributed by atoms with Gasteiger partial charge in [0.15, 0.2) is 6.61 Å². The summed E-state index contributed by atoms with van der Waals surface area (Å²) in [6.45, 7) is 0.613. The van der Waals surface area contributed by atoms with E-state index in [1.54, 1.807) is 0 Å². The van der Waals surface area contributed by atoms with Crippen LogP contribution in [-0.2, 0) is 11.3 Å². The van der Waals surface area contributed by atoms with E-state index in [1.165, 1.54) is 0 Å². The first-order chi connectivity index (χ1) is 9.26. The van der Waals surface area contributed by atoms with Crippen LogP contribution in [0, 0.1) is 0 Å². The molecule has 0 spiro atoms. The van der Waals surface area contributed by atoms with Crippen molar-refractivity contribution in [3.8, 4) is 16.9 Å². The SMILES string of the molecule is NCc1ccc(-c2ccc3c(c2)OCC(=O)N3)cc1. The lowest BCUT2D eigenvalue weighted by molar-refractivity contribution is -0.118. The number of anilines is 1. The Hall–Kier alpha value is -2.33. The fraction of sp³-hybridized carbons (Fsp3) is 0.133. The average molecular weight is 254 g/mol. The fourth-order valence-corrected chi connectivity index (χ4v) is 2.09. The lowest BCUT2D eigenvalue weighted by Gasteiger charge is -2.18. The lowest BCUT2D eigenvalue weighted by Crippen LogP contribution is -2.25. The molecular formula is C15H14N2O2. The quantitative estimate of drug-likeness (QED) is 0.863. The van der Waals surface area contributed by atoms with E-state index in [9.17, 15) is 4.79 Å². The highest BCUT2D eigenvalue weighted by Gasteiger charge is 2.16. The zero-order chi connectivity index (χ0) is 13.2. The third-order valence-electron chi connectivity index (χ3n) is 3.14.